The van der Waals surface area contributed by atoms with E-state index < -0.39 is 11.9 Å². The number of halogens is 5. The number of nitrogens with one attached hydrogen (secondary N) is 2. The molecule has 0 spiro atoms. The van der Waals surface area contributed by atoms with Gasteiger partial charge in [-0.15, -0.1) is 35.3 Å². The zero-order chi connectivity index (χ0) is 20.9. The van der Waals surface area contributed by atoms with E-state index in [0.717, 1.165) is 54.8 Å². The maximum atomic E-state index is 13.0. The molecule has 1 aliphatic heterocycles. The van der Waals surface area contributed by atoms with Crippen molar-refractivity contribution in [1.82, 2.24) is 20.5 Å². The number of aliphatic imine (C=N–C) groups is 1. The molecule has 11 heteroatoms. The van der Waals surface area contributed by atoms with Crippen molar-refractivity contribution in [2.45, 2.75) is 38.1 Å². The van der Waals surface area contributed by atoms with Gasteiger partial charge in [0.2, 0.25) is 0 Å². The molecule has 0 amide bonds. The van der Waals surface area contributed by atoms with Gasteiger partial charge in [0, 0.05) is 38.1 Å². The standard InChI is InChI=1S/C19H23F4N5S.HI/c1-24-18(25-10-17-27-16(12-29-17)19(21,22)23)26-15-6-8-28(9-7-15)11-13-2-4-14(20)5-3-13;/h2-5,12,15H,6-11H2,1H3,(H2,24,25,26);1H. The number of guanidine groups is 1. The third-order valence-electron chi connectivity index (χ3n) is 4.72. The van der Waals surface area contributed by atoms with E-state index in [9.17, 15) is 17.6 Å². The Kier molecular flexibility index (Phi) is 9.29. The Labute approximate surface area is 194 Å². The maximum absolute atomic E-state index is 13.0. The number of piperidine rings is 1. The zero-order valence-corrected chi connectivity index (χ0v) is 19.5. The Morgan fingerprint density at radius 2 is 1.90 bits per heavy atom. The highest BCUT2D eigenvalue weighted by Gasteiger charge is 2.33. The molecule has 0 bridgehead atoms. The maximum Gasteiger partial charge on any atom is 0.434 e. The summed E-state index contributed by atoms with van der Waals surface area (Å²) in [5.74, 6) is 0.314. The summed E-state index contributed by atoms with van der Waals surface area (Å²) in [7, 11) is 1.63. The monoisotopic (exact) mass is 557 g/mol. The van der Waals surface area contributed by atoms with Crippen LogP contribution < -0.4 is 10.6 Å². The molecule has 1 fully saturated rings. The molecule has 166 valence electrons. The van der Waals surface area contributed by atoms with Gasteiger partial charge in [-0.05, 0) is 30.5 Å². The largest absolute Gasteiger partial charge is 0.434 e. The van der Waals surface area contributed by atoms with Crippen molar-refractivity contribution in [2.24, 2.45) is 4.99 Å². The van der Waals surface area contributed by atoms with E-state index in [1.807, 2.05) is 0 Å². The van der Waals surface area contributed by atoms with Crippen molar-refractivity contribution < 1.29 is 17.6 Å². The van der Waals surface area contributed by atoms with Crippen LogP contribution in [0.15, 0.2) is 34.6 Å². The molecule has 2 heterocycles. The normalized spacial score (nSPS) is 16.2. The Bertz CT molecular complexity index is 817. The number of likely N-dealkylation sites (tertiary alicyclic amines) is 1. The quantitative estimate of drug-likeness (QED) is 0.250. The van der Waals surface area contributed by atoms with Gasteiger partial charge in [-0.3, -0.25) is 9.89 Å². The number of hydrogen-bond acceptors (Lipinski definition) is 4. The fourth-order valence-electron chi connectivity index (χ4n) is 3.15. The minimum Gasteiger partial charge on any atom is -0.354 e. The summed E-state index contributed by atoms with van der Waals surface area (Å²) in [6.45, 7) is 2.76. The molecule has 0 unspecified atom stereocenters. The average Bonchev–Trinajstić information content (AvgIpc) is 3.18. The molecular formula is C19H24F4IN5S. The average molecular weight is 557 g/mol. The Morgan fingerprint density at radius 3 is 2.47 bits per heavy atom. The number of nitrogens with zero attached hydrogens (tertiary/aromatic N) is 3. The van der Waals surface area contributed by atoms with Gasteiger partial charge in [0.15, 0.2) is 11.7 Å². The third-order valence-corrected chi connectivity index (χ3v) is 5.57. The smallest absolute Gasteiger partial charge is 0.354 e. The number of alkyl halides is 3. The van der Waals surface area contributed by atoms with Gasteiger partial charge in [-0.2, -0.15) is 13.2 Å². The summed E-state index contributed by atoms with van der Waals surface area (Å²) in [4.78, 5) is 10.1. The minimum atomic E-state index is -4.42. The van der Waals surface area contributed by atoms with E-state index in [-0.39, 0.29) is 42.4 Å². The summed E-state index contributed by atoms with van der Waals surface area (Å²) >= 11 is 0.970. The summed E-state index contributed by atoms with van der Waals surface area (Å²) in [6, 6.07) is 6.77. The van der Waals surface area contributed by atoms with Crippen LogP contribution in [0.2, 0.25) is 0 Å². The van der Waals surface area contributed by atoms with Gasteiger partial charge in [0.25, 0.3) is 0 Å². The second kappa shape index (κ2) is 11.2. The fourth-order valence-corrected chi connectivity index (χ4v) is 3.89. The molecule has 0 radical (unpaired) electrons. The van der Waals surface area contributed by atoms with Crippen LogP contribution in [-0.4, -0.2) is 42.0 Å². The predicted molar refractivity (Wildman–Crippen MR) is 121 cm³/mol. The lowest BCUT2D eigenvalue weighted by Gasteiger charge is -2.33. The molecule has 1 saturated heterocycles. The lowest BCUT2D eigenvalue weighted by Crippen LogP contribution is -2.48. The van der Waals surface area contributed by atoms with Crippen molar-refractivity contribution in [3.05, 3.63) is 51.7 Å². The highest BCUT2D eigenvalue weighted by molar-refractivity contribution is 14.0. The number of thiazole rings is 1. The topological polar surface area (TPSA) is 52.6 Å². The molecule has 5 nitrogen and oxygen atoms in total. The lowest BCUT2D eigenvalue weighted by atomic mass is 10.0. The minimum absolute atomic E-state index is 0. The number of benzene rings is 1. The van der Waals surface area contributed by atoms with Gasteiger partial charge >= 0.3 is 6.18 Å². The Hall–Kier alpha value is -1.47. The Morgan fingerprint density at radius 1 is 1.23 bits per heavy atom. The van der Waals surface area contributed by atoms with Crippen LogP contribution in [-0.2, 0) is 19.3 Å². The van der Waals surface area contributed by atoms with Crippen LogP contribution in [0.3, 0.4) is 0 Å². The lowest BCUT2D eigenvalue weighted by molar-refractivity contribution is -0.140. The van der Waals surface area contributed by atoms with E-state index in [0.29, 0.717) is 11.0 Å². The van der Waals surface area contributed by atoms with Crippen LogP contribution >= 0.6 is 35.3 Å². The first kappa shape index (κ1) is 24.8. The molecule has 1 aromatic carbocycles. The molecule has 0 aliphatic carbocycles. The first-order chi connectivity index (χ1) is 13.8. The van der Waals surface area contributed by atoms with Crippen molar-refractivity contribution >= 4 is 41.3 Å². The summed E-state index contributed by atoms with van der Waals surface area (Å²) in [5.41, 5.74) is 0.215. The molecule has 1 aliphatic rings. The van der Waals surface area contributed by atoms with Crippen molar-refractivity contribution in [3.8, 4) is 0 Å². The highest BCUT2D eigenvalue weighted by atomic mass is 127. The van der Waals surface area contributed by atoms with E-state index in [4.69, 9.17) is 0 Å². The van der Waals surface area contributed by atoms with Crippen LogP contribution in [0.25, 0.3) is 0 Å². The fraction of sp³-hybridized carbons (Fsp3) is 0.474. The molecular weight excluding hydrogens is 533 g/mol. The van der Waals surface area contributed by atoms with Crippen LogP contribution in [0.5, 0.6) is 0 Å². The SMILES string of the molecule is CN=C(NCc1nc(C(F)(F)F)cs1)NC1CCN(Cc2ccc(F)cc2)CC1.I. The Balaban J connectivity index is 0.00000320. The molecule has 2 N–H and O–H groups in total. The van der Waals surface area contributed by atoms with Gasteiger partial charge in [0.05, 0.1) is 6.54 Å². The van der Waals surface area contributed by atoms with Crippen LogP contribution in [0, 0.1) is 5.82 Å². The van der Waals surface area contributed by atoms with Crippen molar-refractivity contribution in [3.63, 3.8) is 0 Å². The van der Waals surface area contributed by atoms with Gasteiger partial charge in [-0.25, -0.2) is 9.37 Å². The molecule has 0 saturated carbocycles. The predicted octanol–water partition coefficient (Wildman–Crippen LogP) is 4.25. The number of aromatic nitrogens is 1. The van der Waals surface area contributed by atoms with E-state index in [2.05, 4.69) is 25.5 Å². The first-order valence-corrected chi connectivity index (χ1v) is 10.2. The van der Waals surface area contributed by atoms with Crippen LogP contribution in [0.4, 0.5) is 17.6 Å². The highest BCUT2D eigenvalue weighted by Crippen LogP contribution is 2.29. The molecule has 2 aromatic rings. The van der Waals surface area contributed by atoms with Gasteiger partial charge < -0.3 is 10.6 Å². The first-order valence-electron chi connectivity index (χ1n) is 9.29. The molecule has 30 heavy (non-hydrogen) atoms. The summed E-state index contributed by atoms with van der Waals surface area (Å²) < 4.78 is 50.9. The number of hydrogen-bond donors (Lipinski definition) is 2. The molecule has 1 aromatic heterocycles. The van der Waals surface area contributed by atoms with Crippen molar-refractivity contribution in [1.29, 1.82) is 0 Å². The van der Waals surface area contributed by atoms with Crippen LogP contribution in [0.1, 0.15) is 29.1 Å². The van der Waals surface area contributed by atoms with E-state index in [1.165, 1.54) is 12.1 Å². The summed E-state index contributed by atoms with van der Waals surface area (Å²) in [5, 5.41) is 7.72. The molecule has 0 atom stereocenters. The zero-order valence-electron chi connectivity index (χ0n) is 16.4. The second-order valence-electron chi connectivity index (χ2n) is 6.87. The van der Waals surface area contributed by atoms with Gasteiger partial charge in [-0.1, -0.05) is 12.1 Å². The van der Waals surface area contributed by atoms with E-state index >= 15 is 0 Å². The number of rotatable bonds is 5. The summed E-state index contributed by atoms with van der Waals surface area (Å²) in [6.07, 6.45) is -2.59. The van der Waals surface area contributed by atoms with E-state index in [1.54, 1.807) is 19.2 Å². The molecule has 3 rings (SSSR count). The van der Waals surface area contributed by atoms with Gasteiger partial charge in [0.1, 0.15) is 10.8 Å². The van der Waals surface area contributed by atoms with Crippen molar-refractivity contribution in [2.75, 3.05) is 20.1 Å². The third kappa shape index (κ3) is 7.34. The second-order valence-corrected chi connectivity index (χ2v) is 7.81.